The number of aliphatic hydroxyl groups is 1. The number of benzene rings is 1. The van der Waals surface area contributed by atoms with Gasteiger partial charge in [0.15, 0.2) is 5.58 Å². The SMILES string of the molecule is CCCn1c(=O)oc2cc(C(O)C(C)(C)C)ccc21. The zero-order valence-corrected chi connectivity index (χ0v) is 11.9. The van der Waals surface area contributed by atoms with Gasteiger partial charge < -0.3 is 9.52 Å². The van der Waals surface area contributed by atoms with Crippen molar-refractivity contribution in [3.05, 3.63) is 34.3 Å². The third kappa shape index (κ3) is 2.59. The second kappa shape index (κ2) is 4.85. The zero-order valence-electron chi connectivity index (χ0n) is 11.9. The Hall–Kier alpha value is -1.55. The van der Waals surface area contributed by atoms with E-state index in [1.165, 1.54) is 0 Å². The van der Waals surface area contributed by atoms with Gasteiger partial charge in [-0.15, -0.1) is 0 Å². The van der Waals surface area contributed by atoms with Crippen LogP contribution in [0.4, 0.5) is 0 Å². The van der Waals surface area contributed by atoms with E-state index in [4.69, 9.17) is 4.42 Å². The van der Waals surface area contributed by atoms with E-state index >= 15 is 0 Å². The summed E-state index contributed by atoms with van der Waals surface area (Å²) in [6, 6.07) is 5.47. The minimum atomic E-state index is -0.586. The molecule has 19 heavy (non-hydrogen) atoms. The molecule has 2 rings (SSSR count). The summed E-state index contributed by atoms with van der Waals surface area (Å²) >= 11 is 0. The Morgan fingerprint density at radius 1 is 1.37 bits per heavy atom. The number of hydrogen-bond acceptors (Lipinski definition) is 3. The van der Waals surface area contributed by atoms with Crippen LogP contribution in [-0.2, 0) is 6.54 Å². The Balaban J connectivity index is 2.51. The molecule has 0 radical (unpaired) electrons. The van der Waals surface area contributed by atoms with Crippen LogP contribution in [0, 0.1) is 5.41 Å². The standard InChI is InChI=1S/C15H21NO3/c1-5-8-16-11-7-6-10(13(17)15(2,3)4)9-12(11)19-14(16)18/h6-7,9,13,17H,5,8H2,1-4H3. The molecule has 0 saturated heterocycles. The largest absolute Gasteiger partial charge is 0.419 e. The number of aliphatic hydroxyl groups excluding tert-OH is 1. The fourth-order valence-corrected chi connectivity index (χ4v) is 2.19. The predicted octanol–water partition coefficient (Wildman–Crippen LogP) is 3.08. The summed E-state index contributed by atoms with van der Waals surface area (Å²) in [5.41, 5.74) is 1.85. The van der Waals surface area contributed by atoms with E-state index in [2.05, 4.69) is 0 Å². The van der Waals surface area contributed by atoms with Crippen molar-refractivity contribution in [1.29, 1.82) is 0 Å². The lowest BCUT2D eigenvalue weighted by molar-refractivity contribution is 0.0627. The molecule has 0 amide bonds. The van der Waals surface area contributed by atoms with Gasteiger partial charge in [0, 0.05) is 6.54 Å². The van der Waals surface area contributed by atoms with Crippen molar-refractivity contribution in [2.24, 2.45) is 5.41 Å². The highest BCUT2D eigenvalue weighted by Crippen LogP contribution is 2.33. The molecule has 0 spiro atoms. The molecule has 0 aliphatic carbocycles. The molecule has 1 aromatic heterocycles. The minimum Gasteiger partial charge on any atom is -0.408 e. The van der Waals surface area contributed by atoms with Crippen LogP contribution >= 0.6 is 0 Å². The van der Waals surface area contributed by atoms with Crippen LogP contribution in [-0.4, -0.2) is 9.67 Å². The molecule has 0 fully saturated rings. The molecule has 0 aliphatic rings. The summed E-state index contributed by atoms with van der Waals surface area (Å²) in [6.45, 7) is 8.58. The number of fused-ring (bicyclic) bond motifs is 1. The van der Waals surface area contributed by atoms with Crippen LogP contribution in [0.1, 0.15) is 45.8 Å². The first kappa shape index (κ1) is 13.9. The Morgan fingerprint density at radius 3 is 2.63 bits per heavy atom. The van der Waals surface area contributed by atoms with Gasteiger partial charge in [-0.3, -0.25) is 4.57 Å². The van der Waals surface area contributed by atoms with E-state index in [9.17, 15) is 9.90 Å². The Morgan fingerprint density at radius 2 is 2.05 bits per heavy atom. The highest BCUT2D eigenvalue weighted by molar-refractivity contribution is 5.73. The number of hydrogen-bond donors (Lipinski definition) is 1. The highest BCUT2D eigenvalue weighted by Gasteiger charge is 2.24. The van der Waals surface area contributed by atoms with Crippen molar-refractivity contribution >= 4 is 11.1 Å². The fraction of sp³-hybridized carbons (Fsp3) is 0.533. The van der Waals surface area contributed by atoms with Gasteiger partial charge in [-0.25, -0.2) is 4.79 Å². The van der Waals surface area contributed by atoms with Gasteiger partial charge in [-0.2, -0.15) is 0 Å². The first-order valence-corrected chi connectivity index (χ1v) is 6.66. The first-order chi connectivity index (χ1) is 8.84. The van der Waals surface area contributed by atoms with Crippen molar-refractivity contribution in [3.8, 4) is 0 Å². The van der Waals surface area contributed by atoms with Crippen molar-refractivity contribution in [1.82, 2.24) is 4.57 Å². The van der Waals surface area contributed by atoms with Crippen LogP contribution in [0.25, 0.3) is 11.1 Å². The van der Waals surface area contributed by atoms with Crippen LogP contribution < -0.4 is 5.76 Å². The summed E-state index contributed by atoms with van der Waals surface area (Å²) < 4.78 is 6.88. The number of rotatable bonds is 3. The first-order valence-electron chi connectivity index (χ1n) is 6.66. The highest BCUT2D eigenvalue weighted by atomic mass is 16.4. The lowest BCUT2D eigenvalue weighted by atomic mass is 9.85. The maximum atomic E-state index is 11.7. The van der Waals surface area contributed by atoms with Crippen molar-refractivity contribution in [2.75, 3.05) is 0 Å². The third-order valence-electron chi connectivity index (χ3n) is 3.28. The lowest BCUT2D eigenvalue weighted by Gasteiger charge is -2.26. The molecule has 2 aromatic rings. The number of aryl methyl sites for hydroxylation is 1. The van der Waals surface area contributed by atoms with Crippen LogP contribution in [0.2, 0.25) is 0 Å². The van der Waals surface area contributed by atoms with Gasteiger partial charge in [0.1, 0.15) is 0 Å². The van der Waals surface area contributed by atoms with Gasteiger partial charge >= 0.3 is 5.76 Å². The summed E-state index contributed by atoms with van der Waals surface area (Å²) in [7, 11) is 0. The number of oxazole rings is 1. The van der Waals surface area contributed by atoms with Gasteiger partial charge in [0.25, 0.3) is 0 Å². The number of aromatic nitrogens is 1. The van der Waals surface area contributed by atoms with E-state index in [1.807, 2.05) is 39.8 Å². The van der Waals surface area contributed by atoms with Gasteiger partial charge in [-0.05, 0) is 29.5 Å². The normalized spacial score (nSPS) is 13.9. The second-order valence-corrected chi connectivity index (χ2v) is 6.02. The summed E-state index contributed by atoms with van der Waals surface area (Å²) in [4.78, 5) is 11.7. The summed E-state index contributed by atoms with van der Waals surface area (Å²) in [5.74, 6) is -0.334. The molecule has 1 N–H and O–H groups in total. The van der Waals surface area contributed by atoms with E-state index in [0.717, 1.165) is 17.5 Å². The molecule has 1 heterocycles. The quantitative estimate of drug-likeness (QED) is 0.925. The topological polar surface area (TPSA) is 55.4 Å². The summed E-state index contributed by atoms with van der Waals surface area (Å²) in [6.07, 6.45) is 0.290. The molecule has 0 saturated carbocycles. The third-order valence-corrected chi connectivity index (χ3v) is 3.28. The molecular weight excluding hydrogens is 242 g/mol. The maximum absolute atomic E-state index is 11.7. The Labute approximate surface area is 112 Å². The van der Waals surface area contributed by atoms with Crippen molar-refractivity contribution < 1.29 is 9.52 Å². The van der Waals surface area contributed by atoms with E-state index in [0.29, 0.717) is 12.1 Å². The predicted molar refractivity (Wildman–Crippen MR) is 75.2 cm³/mol. The van der Waals surface area contributed by atoms with E-state index in [1.54, 1.807) is 10.6 Å². The van der Waals surface area contributed by atoms with Gasteiger partial charge in [0.05, 0.1) is 11.6 Å². The fourth-order valence-electron chi connectivity index (χ4n) is 2.19. The number of nitrogens with zero attached hydrogens (tertiary/aromatic N) is 1. The van der Waals surface area contributed by atoms with E-state index < -0.39 is 6.10 Å². The Bertz CT molecular complexity index is 631. The Kier molecular flexibility index (Phi) is 3.54. The molecule has 1 unspecified atom stereocenters. The van der Waals surface area contributed by atoms with Gasteiger partial charge in [-0.1, -0.05) is 33.8 Å². The molecule has 4 heteroatoms. The molecule has 1 aromatic carbocycles. The lowest BCUT2D eigenvalue weighted by Crippen LogP contribution is -2.17. The molecule has 0 aliphatic heterocycles. The van der Waals surface area contributed by atoms with Crippen molar-refractivity contribution in [2.45, 2.75) is 46.8 Å². The average Bonchev–Trinajstić information content (AvgIpc) is 2.63. The van der Waals surface area contributed by atoms with Gasteiger partial charge in [0.2, 0.25) is 0 Å². The zero-order chi connectivity index (χ0) is 14.2. The second-order valence-electron chi connectivity index (χ2n) is 6.02. The van der Waals surface area contributed by atoms with Crippen LogP contribution in [0.15, 0.2) is 27.4 Å². The maximum Gasteiger partial charge on any atom is 0.419 e. The summed E-state index contributed by atoms with van der Waals surface area (Å²) in [5, 5.41) is 10.3. The monoisotopic (exact) mass is 263 g/mol. The molecular formula is C15H21NO3. The smallest absolute Gasteiger partial charge is 0.408 e. The minimum absolute atomic E-state index is 0.250. The molecule has 0 bridgehead atoms. The molecule has 1 atom stereocenters. The molecule has 4 nitrogen and oxygen atoms in total. The van der Waals surface area contributed by atoms with E-state index in [-0.39, 0.29) is 11.2 Å². The van der Waals surface area contributed by atoms with Crippen molar-refractivity contribution in [3.63, 3.8) is 0 Å². The van der Waals surface area contributed by atoms with Crippen LogP contribution in [0.5, 0.6) is 0 Å². The average molecular weight is 263 g/mol. The van der Waals surface area contributed by atoms with Crippen LogP contribution in [0.3, 0.4) is 0 Å². The molecule has 104 valence electrons.